The van der Waals surface area contributed by atoms with Crippen molar-refractivity contribution in [3.8, 4) is 0 Å². The highest BCUT2D eigenvalue weighted by molar-refractivity contribution is 9.10. The first kappa shape index (κ1) is 14.0. The number of aromatic nitrogens is 2. The second-order valence-electron chi connectivity index (χ2n) is 3.69. The molecule has 5 N–H and O–H groups in total. The predicted octanol–water partition coefficient (Wildman–Crippen LogP) is 1.66. The Morgan fingerprint density at radius 2 is 2.30 bits per heavy atom. The van der Waals surface area contributed by atoms with Gasteiger partial charge in [-0.25, -0.2) is 4.39 Å². The minimum atomic E-state index is -0.703. The number of rotatable bonds is 3. The van der Waals surface area contributed by atoms with Crippen molar-refractivity contribution in [2.24, 2.45) is 10.9 Å². The van der Waals surface area contributed by atoms with Crippen molar-refractivity contribution in [2.45, 2.75) is 0 Å². The molecule has 1 aromatic heterocycles. The molecule has 104 valence electrons. The average Bonchev–Trinajstić information content (AvgIpc) is 2.85. The molecule has 0 spiro atoms. The summed E-state index contributed by atoms with van der Waals surface area (Å²) in [6.07, 6.45) is 1.26. The molecule has 0 unspecified atom stereocenters. The van der Waals surface area contributed by atoms with Gasteiger partial charge in [-0.2, -0.15) is 5.10 Å². The van der Waals surface area contributed by atoms with Gasteiger partial charge < -0.3 is 16.3 Å². The monoisotopic (exact) mass is 341 g/mol. The second kappa shape index (κ2) is 5.70. The number of hydrogen-bond donors (Lipinski definition) is 4. The third kappa shape index (κ3) is 2.62. The summed E-state index contributed by atoms with van der Waals surface area (Å²) in [6, 6.07) is 4.17. The largest absolute Gasteiger partial charge is 0.409 e. The van der Waals surface area contributed by atoms with Gasteiger partial charge in [0.1, 0.15) is 11.6 Å². The van der Waals surface area contributed by atoms with Crippen molar-refractivity contribution in [3.63, 3.8) is 0 Å². The van der Waals surface area contributed by atoms with Gasteiger partial charge in [-0.3, -0.25) is 9.89 Å². The number of nitrogens with zero attached hydrogens (tertiary/aromatic N) is 2. The highest BCUT2D eigenvalue weighted by atomic mass is 79.9. The molecule has 7 nitrogen and oxygen atoms in total. The number of nitrogens with one attached hydrogen (secondary N) is 2. The number of hydrogen-bond acceptors (Lipinski definition) is 4. The van der Waals surface area contributed by atoms with Crippen molar-refractivity contribution in [1.82, 2.24) is 10.2 Å². The lowest BCUT2D eigenvalue weighted by molar-refractivity contribution is 0.102. The topological polar surface area (TPSA) is 116 Å². The van der Waals surface area contributed by atoms with Crippen LogP contribution in [0.2, 0.25) is 0 Å². The zero-order valence-corrected chi connectivity index (χ0v) is 11.5. The van der Waals surface area contributed by atoms with Crippen molar-refractivity contribution in [1.29, 1.82) is 0 Å². The summed E-state index contributed by atoms with van der Waals surface area (Å²) in [6.45, 7) is 0. The SMILES string of the molecule is N/C(=N/O)c1cn[nH]c1NC(=O)c1c(F)cccc1Br. The smallest absolute Gasteiger partial charge is 0.260 e. The molecule has 1 amide bonds. The van der Waals surface area contributed by atoms with Crippen LogP contribution in [0.1, 0.15) is 15.9 Å². The molecule has 1 aromatic carbocycles. The molecule has 9 heteroatoms. The number of benzene rings is 1. The lowest BCUT2D eigenvalue weighted by atomic mass is 10.2. The van der Waals surface area contributed by atoms with Gasteiger partial charge in [0, 0.05) is 4.47 Å². The van der Waals surface area contributed by atoms with Crippen LogP contribution in [0.25, 0.3) is 0 Å². The number of amidine groups is 1. The molecule has 0 radical (unpaired) electrons. The van der Waals surface area contributed by atoms with Crippen LogP contribution >= 0.6 is 15.9 Å². The lowest BCUT2D eigenvalue weighted by Gasteiger charge is -2.07. The lowest BCUT2D eigenvalue weighted by Crippen LogP contribution is -2.19. The number of carbonyl (C=O) groups is 1. The molecule has 0 saturated carbocycles. The maximum atomic E-state index is 13.6. The first-order valence-corrected chi connectivity index (χ1v) is 6.10. The summed E-state index contributed by atoms with van der Waals surface area (Å²) in [7, 11) is 0. The Kier molecular flexibility index (Phi) is 3.99. The molecule has 2 rings (SSSR count). The summed E-state index contributed by atoms with van der Waals surface area (Å²) in [4.78, 5) is 12.0. The molecule has 0 saturated heterocycles. The third-order valence-corrected chi connectivity index (χ3v) is 3.11. The van der Waals surface area contributed by atoms with Crippen molar-refractivity contribution in [2.75, 3.05) is 5.32 Å². The van der Waals surface area contributed by atoms with E-state index in [1.807, 2.05) is 0 Å². The van der Waals surface area contributed by atoms with E-state index in [1.165, 1.54) is 18.3 Å². The Morgan fingerprint density at radius 1 is 1.55 bits per heavy atom. The van der Waals surface area contributed by atoms with Crippen LogP contribution in [0, 0.1) is 5.82 Å². The van der Waals surface area contributed by atoms with Gasteiger partial charge in [0.05, 0.1) is 17.3 Å². The predicted molar refractivity (Wildman–Crippen MR) is 73.2 cm³/mol. The minimum Gasteiger partial charge on any atom is -0.409 e. The van der Waals surface area contributed by atoms with E-state index in [0.717, 1.165) is 6.07 Å². The highest BCUT2D eigenvalue weighted by Gasteiger charge is 2.18. The van der Waals surface area contributed by atoms with Gasteiger partial charge in [-0.15, -0.1) is 0 Å². The molecule has 0 fully saturated rings. The first-order chi connectivity index (χ1) is 9.54. The minimum absolute atomic E-state index is 0.0976. The number of halogens is 2. The zero-order chi connectivity index (χ0) is 14.7. The van der Waals surface area contributed by atoms with E-state index in [1.54, 1.807) is 0 Å². The van der Waals surface area contributed by atoms with E-state index in [4.69, 9.17) is 10.9 Å². The number of anilines is 1. The van der Waals surface area contributed by atoms with Crippen LogP contribution in [-0.2, 0) is 0 Å². The van der Waals surface area contributed by atoms with E-state index in [0.29, 0.717) is 4.47 Å². The van der Waals surface area contributed by atoms with Crippen LogP contribution in [0.5, 0.6) is 0 Å². The van der Waals surface area contributed by atoms with Crippen LogP contribution in [0.15, 0.2) is 34.0 Å². The van der Waals surface area contributed by atoms with Gasteiger partial charge in [-0.1, -0.05) is 11.2 Å². The quantitative estimate of drug-likeness (QED) is 0.294. The summed E-state index contributed by atoms with van der Waals surface area (Å²) in [5, 5.41) is 20.0. The van der Waals surface area contributed by atoms with Crippen LogP contribution in [-0.4, -0.2) is 27.1 Å². The average molecular weight is 342 g/mol. The van der Waals surface area contributed by atoms with Gasteiger partial charge in [0.25, 0.3) is 5.91 Å². The maximum Gasteiger partial charge on any atom is 0.260 e. The molecule has 2 aromatic rings. The number of nitrogens with two attached hydrogens (primary N) is 1. The van der Waals surface area contributed by atoms with E-state index in [2.05, 4.69) is 36.6 Å². The number of aromatic amines is 1. The van der Waals surface area contributed by atoms with Crippen LogP contribution in [0.3, 0.4) is 0 Å². The third-order valence-electron chi connectivity index (χ3n) is 2.45. The first-order valence-electron chi connectivity index (χ1n) is 5.31. The molecule has 0 aliphatic carbocycles. The van der Waals surface area contributed by atoms with Gasteiger partial charge >= 0.3 is 0 Å². The Hall–Kier alpha value is -2.42. The number of carbonyl (C=O) groups excluding carboxylic acids is 1. The highest BCUT2D eigenvalue weighted by Crippen LogP contribution is 2.21. The summed E-state index contributed by atoms with van der Waals surface area (Å²) >= 11 is 3.10. The van der Waals surface area contributed by atoms with Crippen molar-refractivity contribution >= 4 is 33.5 Å². The fourth-order valence-electron chi connectivity index (χ4n) is 1.52. The van der Waals surface area contributed by atoms with E-state index in [-0.39, 0.29) is 22.8 Å². The van der Waals surface area contributed by atoms with E-state index < -0.39 is 11.7 Å². The van der Waals surface area contributed by atoms with Gasteiger partial charge in [-0.05, 0) is 28.1 Å². The number of amides is 1. The molecule has 0 aliphatic heterocycles. The number of oxime groups is 1. The van der Waals surface area contributed by atoms with Gasteiger partial charge in [0.2, 0.25) is 0 Å². The Balaban J connectivity index is 2.32. The second-order valence-corrected chi connectivity index (χ2v) is 4.55. The summed E-state index contributed by atoms with van der Waals surface area (Å²) in [5.41, 5.74) is 5.45. The van der Waals surface area contributed by atoms with Crippen molar-refractivity contribution < 1.29 is 14.4 Å². The zero-order valence-electron chi connectivity index (χ0n) is 9.89. The number of H-pyrrole nitrogens is 1. The molecule has 20 heavy (non-hydrogen) atoms. The van der Waals surface area contributed by atoms with E-state index >= 15 is 0 Å². The summed E-state index contributed by atoms with van der Waals surface area (Å²) < 4.78 is 14.0. The van der Waals surface area contributed by atoms with Crippen LogP contribution in [0.4, 0.5) is 10.2 Å². The Bertz CT molecular complexity index is 665. The fourth-order valence-corrected chi connectivity index (χ4v) is 2.04. The van der Waals surface area contributed by atoms with Crippen molar-refractivity contribution in [3.05, 3.63) is 45.8 Å². The van der Waals surface area contributed by atoms with Crippen LogP contribution < -0.4 is 11.1 Å². The van der Waals surface area contributed by atoms with E-state index in [9.17, 15) is 9.18 Å². The molecular weight excluding hydrogens is 333 g/mol. The molecule has 1 heterocycles. The molecule has 0 aliphatic rings. The standard InChI is InChI=1S/C11H9BrFN5O2/c12-6-2-1-3-7(13)8(6)11(19)16-10-5(4-15-17-10)9(14)18-20/h1-4,20H,(H2,14,18)(H2,15,16,17,19). The molecular formula is C11H9BrFN5O2. The summed E-state index contributed by atoms with van der Waals surface area (Å²) in [5.74, 6) is -1.52. The Labute approximate surface area is 120 Å². The molecule has 0 bridgehead atoms. The Morgan fingerprint density at radius 3 is 2.95 bits per heavy atom. The normalized spacial score (nSPS) is 11.4. The maximum absolute atomic E-state index is 13.6. The van der Waals surface area contributed by atoms with Gasteiger partial charge in [0.15, 0.2) is 5.84 Å². The molecule has 0 atom stereocenters. The fraction of sp³-hybridized carbons (Fsp3) is 0.